The zero-order valence-corrected chi connectivity index (χ0v) is 11.8. The van der Waals surface area contributed by atoms with Gasteiger partial charge >= 0.3 is 6.03 Å². The van der Waals surface area contributed by atoms with E-state index in [2.05, 4.69) is 26.6 Å². The van der Waals surface area contributed by atoms with E-state index in [-0.39, 0.29) is 11.8 Å². The Hall–Kier alpha value is -1.27. The number of nitrogens with one attached hydrogen (secondary N) is 2. The maximum absolute atomic E-state index is 11.4. The van der Waals surface area contributed by atoms with Gasteiger partial charge in [-0.3, -0.25) is 0 Å². The number of phenols is 1. The van der Waals surface area contributed by atoms with Gasteiger partial charge in [0, 0.05) is 19.7 Å². The van der Waals surface area contributed by atoms with E-state index in [1.165, 1.54) is 0 Å². The van der Waals surface area contributed by atoms with Crippen LogP contribution in [0, 0.1) is 0 Å². The fraction of sp³-hybridized carbons (Fsp3) is 0.417. The number of amides is 2. The Bertz CT molecular complexity index is 399. The van der Waals surface area contributed by atoms with E-state index in [1.807, 2.05) is 6.92 Å². The molecule has 0 heterocycles. The molecule has 0 fully saturated rings. The molecule has 0 aliphatic carbocycles. The predicted octanol–water partition coefficient (Wildman–Crippen LogP) is 1.99. The van der Waals surface area contributed by atoms with E-state index in [1.54, 1.807) is 18.2 Å². The van der Waals surface area contributed by atoms with Crippen LogP contribution in [0.3, 0.4) is 0 Å². The first-order valence-electron chi connectivity index (χ1n) is 5.70. The normalized spacial score (nSPS) is 10.1. The Balaban J connectivity index is 2.27. The van der Waals surface area contributed by atoms with Crippen molar-refractivity contribution < 1.29 is 14.6 Å². The molecule has 0 aromatic heterocycles. The first kappa shape index (κ1) is 14.8. The number of halogens is 1. The molecule has 0 aliphatic rings. The number of benzene rings is 1. The molecular weight excluding hydrogens is 300 g/mol. The SMILES string of the molecule is CCOCCNC(=O)NCc1ccc(O)c(Br)c1. The fourth-order valence-corrected chi connectivity index (χ4v) is 1.71. The van der Waals surface area contributed by atoms with Gasteiger partial charge in [0.25, 0.3) is 0 Å². The second-order valence-corrected chi connectivity index (χ2v) is 4.45. The fourth-order valence-electron chi connectivity index (χ4n) is 1.29. The molecule has 0 aliphatic heterocycles. The summed E-state index contributed by atoms with van der Waals surface area (Å²) < 4.78 is 5.71. The average Bonchev–Trinajstić information content (AvgIpc) is 2.36. The lowest BCUT2D eigenvalue weighted by Gasteiger charge is -2.08. The summed E-state index contributed by atoms with van der Waals surface area (Å²) in [5.41, 5.74) is 0.902. The number of urea groups is 1. The van der Waals surface area contributed by atoms with Crippen LogP contribution in [0.1, 0.15) is 12.5 Å². The first-order chi connectivity index (χ1) is 8.63. The number of carbonyl (C=O) groups excluding carboxylic acids is 1. The van der Waals surface area contributed by atoms with Crippen LogP contribution in [-0.2, 0) is 11.3 Å². The molecule has 0 spiro atoms. The van der Waals surface area contributed by atoms with Crippen LogP contribution >= 0.6 is 15.9 Å². The molecular formula is C12H17BrN2O3. The summed E-state index contributed by atoms with van der Waals surface area (Å²) in [5.74, 6) is 0.180. The van der Waals surface area contributed by atoms with Crippen LogP contribution in [0.4, 0.5) is 4.79 Å². The zero-order valence-electron chi connectivity index (χ0n) is 10.2. The molecule has 2 amide bonds. The molecule has 0 saturated heterocycles. The maximum Gasteiger partial charge on any atom is 0.315 e. The van der Waals surface area contributed by atoms with Crippen LogP contribution < -0.4 is 10.6 Å². The molecule has 3 N–H and O–H groups in total. The van der Waals surface area contributed by atoms with Gasteiger partial charge in [0.05, 0.1) is 11.1 Å². The van der Waals surface area contributed by atoms with Crippen molar-refractivity contribution in [3.05, 3.63) is 28.2 Å². The van der Waals surface area contributed by atoms with Crippen molar-refractivity contribution >= 4 is 22.0 Å². The number of carbonyl (C=O) groups is 1. The summed E-state index contributed by atoms with van der Waals surface area (Å²) in [6, 6.07) is 4.85. The van der Waals surface area contributed by atoms with Crippen LogP contribution in [0.5, 0.6) is 5.75 Å². The molecule has 0 bridgehead atoms. The molecule has 1 aromatic rings. The zero-order chi connectivity index (χ0) is 13.4. The van der Waals surface area contributed by atoms with Gasteiger partial charge in [0.2, 0.25) is 0 Å². The lowest BCUT2D eigenvalue weighted by Crippen LogP contribution is -2.36. The van der Waals surface area contributed by atoms with Crippen molar-refractivity contribution in [2.24, 2.45) is 0 Å². The Labute approximate surface area is 115 Å². The van der Waals surface area contributed by atoms with Crippen molar-refractivity contribution in [1.82, 2.24) is 10.6 Å². The van der Waals surface area contributed by atoms with E-state index < -0.39 is 0 Å². The molecule has 0 saturated carbocycles. The van der Waals surface area contributed by atoms with Gasteiger partial charge in [0.15, 0.2) is 0 Å². The largest absolute Gasteiger partial charge is 0.507 e. The van der Waals surface area contributed by atoms with Gasteiger partial charge in [-0.1, -0.05) is 6.07 Å². The van der Waals surface area contributed by atoms with Gasteiger partial charge in [0.1, 0.15) is 5.75 Å². The molecule has 18 heavy (non-hydrogen) atoms. The summed E-state index contributed by atoms with van der Waals surface area (Å²) in [6.07, 6.45) is 0. The predicted molar refractivity (Wildman–Crippen MR) is 72.5 cm³/mol. The van der Waals surface area contributed by atoms with E-state index in [0.717, 1.165) is 5.56 Å². The van der Waals surface area contributed by atoms with E-state index in [4.69, 9.17) is 4.74 Å². The smallest absolute Gasteiger partial charge is 0.315 e. The summed E-state index contributed by atoms with van der Waals surface area (Å²) in [5, 5.41) is 14.7. The third-order valence-corrected chi connectivity index (χ3v) is 2.84. The third-order valence-electron chi connectivity index (χ3n) is 2.20. The summed E-state index contributed by atoms with van der Waals surface area (Å²) in [4.78, 5) is 11.4. The minimum atomic E-state index is -0.237. The average molecular weight is 317 g/mol. The maximum atomic E-state index is 11.4. The monoisotopic (exact) mass is 316 g/mol. The quantitative estimate of drug-likeness (QED) is 0.703. The minimum absolute atomic E-state index is 0.180. The number of hydrogen-bond donors (Lipinski definition) is 3. The highest BCUT2D eigenvalue weighted by Crippen LogP contribution is 2.23. The van der Waals surface area contributed by atoms with Gasteiger partial charge in [-0.15, -0.1) is 0 Å². The highest BCUT2D eigenvalue weighted by atomic mass is 79.9. The summed E-state index contributed by atoms with van der Waals surface area (Å²) in [7, 11) is 0. The molecule has 0 atom stereocenters. The third kappa shape index (κ3) is 5.37. The van der Waals surface area contributed by atoms with Crippen LogP contribution in [0.2, 0.25) is 0 Å². The van der Waals surface area contributed by atoms with E-state index in [0.29, 0.717) is 30.8 Å². The lowest BCUT2D eigenvalue weighted by atomic mass is 10.2. The van der Waals surface area contributed by atoms with Gasteiger partial charge in [-0.05, 0) is 40.5 Å². The highest BCUT2D eigenvalue weighted by molar-refractivity contribution is 9.10. The van der Waals surface area contributed by atoms with E-state index >= 15 is 0 Å². The standard InChI is InChI=1S/C12H17BrN2O3/c1-2-18-6-5-14-12(17)15-8-9-3-4-11(16)10(13)7-9/h3-4,7,16H,2,5-6,8H2,1H3,(H2,14,15,17). The van der Waals surface area contributed by atoms with Crippen LogP contribution in [0.25, 0.3) is 0 Å². The first-order valence-corrected chi connectivity index (χ1v) is 6.49. The van der Waals surface area contributed by atoms with E-state index in [9.17, 15) is 9.90 Å². The Kier molecular flexibility index (Phi) is 6.53. The van der Waals surface area contributed by atoms with Crippen molar-refractivity contribution in [2.75, 3.05) is 19.8 Å². The van der Waals surface area contributed by atoms with Crippen molar-refractivity contribution in [3.8, 4) is 5.75 Å². The number of ether oxygens (including phenoxy) is 1. The van der Waals surface area contributed by atoms with Gasteiger partial charge < -0.3 is 20.5 Å². The highest BCUT2D eigenvalue weighted by Gasteiger charge is 2.02. The Morgan fingerprint density at radius 2 is 2.22 bits per heavy atom. The molecule has 1 rings (SSSR count). The van der Waals surface area contributed by atoms with Crippen molar-refractivity contribution in [2.45, 2.75) is 13.5 Å². The van der Waals surface area contributed by atoms with Crippen LogP contribution in [-0.4, -0.2) is 30.9 Å². The topological polar surface area (TPSA) is 70.6 Å². The molecule has 0 radical (unpaired) electrons. The number of aromatic hydroxyl groups is 1. The summed E-state index contributed by atoms with van der Waals surface area (Å²) in [6.45, 7) is 3.94. The van der Waals surface area contributed by atoms with Crippen LogP contribution in [0.15, 0.2) is 22.7 Å². The van der Waals surface area contributed by atoms with Gasteiger partial charge in [-0.25, -0.2) is 4.79 Å². The number of rotatable bonds is 6. The molecule has 0 unspecified atom stereocenters. The molecule has 6 heteroatoms. The second-order valence-electron chi connectivity index (χ2n) is 3.59. The molecule has 100 valence electrons. The second kappa shape index (κ2) is 7.94. The minimum Gasteiger partial charge on any atom is -0.507 e. The van der Waals surface area contributed by atoms with Gasteiger partial charge in [-0.2, -0.15) is 0 Å². The van der Waals surface area contributed by atoms with Crippen molar-refractivity contribution in [1.29, 1.82) is 0 Å². The summed E-state index contributed by atoms with van der Waals surface area (Å²) >= 11 is 3.22. The number of phenolic OH excluding ortho intramolecular Hbond substituents is 1. The molecule has 1 aromatic carbocycles. The Morgan fingerprint density at radius 3 is 2.89 bits per heavy atom. The van der Waals surface area contributed by atoms with Crippen molar-refractivity contribution in [3.63, 3.8) is 0 Å². The lowest BCUT2D eigenvalue weighted by molar-refractivity contribution is 0.149. The Morgan fingerprint density at radius 1 is 1.44 bits per heavy atom. The number of hydrogen-bond acceptors (Lipinski definition) is 3. The molecule has 5 nitrogen and oxygen atoms in total.